The average Bonchev–Trinajstić information content (AvgIpc) is 2.75. The highest BCUT2D eigenvalue weighted by Crippen LogP contribution is 2.30. The van der Waals surface area contributed by atoms with E-state index in [0.29, 0.717) is 12.2 Å². The van der Waals surface area contributed by atoms with Crippen LogP contribution in [0, 0.1) is 11.6 Å². The van der Waals surface area contributed by atoms with Crippen LogP contribution in [-0.2, 0) is 6.54 Å². The molecule has 0 aliphatic heterocycles. The van der Waals surface area contributed by atoms with Crippen molar-refractivity contribution in [2.45, 2.75) is 25.9 Å². The van der Waals surface area contributed by atoms with Crippen LogP contribution in [0.4, 0.5) is 8.78 Å². The van der Waals surface area contributed by atoms with Crippen molar-refractivity contribution in [2.75, 3.05) is 0 Å². The van der Waals surface area contributed by atoms with Gasteiger partial charge in [0.05, 0.1) is 22.4 Å². The van der Waals surface area contributed by atoms with Crippen molar-refractivity contribution in [3.8, 4) is 0 Å². The summed E-state index contributed by atoms with van der Waals surface area (Å²) in [6.07, 6.45) is 2.51. The van der Waals surface area contributed by atoms with E-state index in [-0.39, 0.29) is 5.56 Å². The number of rotatable bonds is 5. The molecule has 2 rings (SSSR count). The Morgan fingerprint density at radius 3 is 2.80 bits per heavy atom. The molecule has 0 bridgehead atoms. The third-order valence-electron chi connectivity index (χ3n) is 2.98. The number of hydrazine groups is 1. The average molecular weight is 345 g/mol. The zero-order valence-corrected chi connectivity index (χ0v) is 12.5. The molecular weight excluding hydrogens is 330 g/mol. The summed E-state index contributed by atoms with van der Waals surface area (Å²) in [7, 11) is 0. The van der Waals surface area contributed by atoms with Gasteiger partial charge in [-0.15, -0.1) is 0 Å². The van der Waals surface area contributed by atoms with Crippen molar-refractivity contribution >= 4 is 15.9 Å². The fourth-order valence-electron chi connectivity index (χ4n) is 2.10. The Bertz CT molecular complexity index is 600. The topological polar surface area (TPSA) is 55.9 Å². The Morgan fingerprint density at radius 1 is 1.45 bits per heavy atom. The van der Waals surface area contributed by atoms with Crippen LogP contribution in [0.15, 0.2) is 28.9 Å². The minimum absolute atomic E-state index is 0.271. The lowest BCUT2D eigenvalue weighted by Gasteiger charge is -2.19. The Kier molecular flexibility index (Phi) is 4.85. The highest BCUT2D eigenvalue weighted by molar-refractivity contribution is 9.10. The first-order chi connectivity index (χ1) is 9.58. The summed E-state index contributed by atoms with van der Waals surface area (Å²) < 4.78 is 29.4. The van der Waals surface area contributed by atoms with Gasteiger partial charge in [-0.25, -0.2) is 14.2 Å². The molecule has 4 nitrogen and oxygen atoms in total. The van der Waals surface area contributed by atoms with Gasteiger partial charge in [0.1, 0.15) is 11.6 Å². The fourth-order valence-corrected chi connectivity index (χ4v) is 2.63. The monoisotopic (exact) mass is 344 g/mol. The van der Waals surface area contributed by atoms with Gasteiger partial charge in [0.15, 0.2) is 0 Å². The lowest BCUT2D eigenvalue weighted by atomic mass is 10.0. The highest BCUT2D eigenvalue weighted by atomic mass is 79.9. The van der Waals surface area contributed by atoms with Gasteiger partial charge in [-0.05, 0) is 28.4 Å². The van der Waals surface area contributed by atoms with E-state index < -0.39 is 17.7 Å². The molecule has 0 saturated heterocycles. The number of nitrogens with zero attached hydrogens (tertiary/aromatic N) is 2. The molecule has 0 amide bonds. The number of aromatic nitrogens is 2. The van der Waals surface area contributed by atoms with Gasteiger partial charge in [-0.2, -0.15) is 5.10 Å². The SMILES string of the molecule is CCCn1ncc(Br)c1C(NN)c1ccc(F)cc1F. The summed E-state index contributed by atoms with van der Waals surface area (Å²) in [6, 6.07) is 2.81. The third kappa shape index (κ3) is 2.89. The van der Waals surface area contributed by atoms with E-state index in [9.17, 15) is 8.78 Å². The zero-order chi connectivity index (χ0) is 14.7. The molecule has 1 aromatic carbocycles. The van der Waals surface area contributed by atoms with E-state index in [0.717, 1.165) is 17.0 Å². The van der Waals surface area contributed by atoms with Crippen LogP contribution in [0.5, 0.6) is 0 Å². The van der Waals surface area contributed by atoms with Crippen LogP contribution in [0.2, 0.25) is 0 Å². The van der Waals surface area contributed by atoms with Gasteiger partial charge in [0.25, 0.3) is 0 Å². The molecule has 3 N–H and O–H groups in total. The molecule has 1 aromatic heterocycles. The number of nitrogens with one attached hydrogen (secondary N) is 1. The number of nitrogens with two attached hydrogens (primary N) is 1. The molecule has 1 unspecified atom stereocenters. The molecule has 1 heterocycles. The zero-order valence-electron chi connectivity index (χ0n) is 10.9. The number of benzene rings is 1. The van der Waals surface area contributed by atoms with E-state index in [1.807, 2.05) is 6.92 Å². The first kappa shape index (κ1) is 15.1. The van der Waals surface area contributed by atoms with Crippen molar-refractivity contribution in [3.63, 3.8) is 0 Å². The smallest absolute Gasteiger partial charge is 0.131 e. The van der Waals surface area contributed by atoms with Gasteiger partial charge in [0.2, 0.25) is 0 Å². The van der Waals surface area contributed by atoms with Crippen molar-refractivity contribution in [1.29, 1.82) is 0 Å². The molecule has 0 saturated carbocycles. The van der Waals surface area contributed by atoms with E-state index in [1.54, 1.807) is 10.9 Å². The number of hydrogen-bond donors (Lipinski definition) is 2. The van der Waals surface area contributed by atoms with Crippen molar-refractivity contribution < 1.29 is 8.78 Å². The summed E-state index contributed by atoms with van der Waals surface area (Å²) in [5.74, 6) is 4.29. The van der Waals surface area contributed by atoms with Crippen LogP contribution in [0.3, 0.4) is 0 Å². The van der Waals surface area contributed by atoms with E-state index in [4.69, 9.17) is 5.84 Å². The molecule has 0 spiro atoms. The van der Waals surface area contributed by atoms with Crippen LogP contribution in [0.1, 0.15) is 30.6 Å². The predicted octanol–water partition coefficient (Wildman–Crippen LogP) is 2.89. The Hall–Kier alpha value is -1.31. The molecule has 1 atom stereocenters. The van der Waals surface area contributed by atoms with Gasteiger partial charge in [0, 0.05) is 18.2 Å². The first-order valence-corrected chi connectivity index (χ1v) is 7.00. The Balaban J connectivity index is 2.49. The predicted molar refractivity (Wildman–Crippen MR) is 75.7 cm³/mol. The normalized spacial score (nSPS) is 12.7. The number of hydrogen-bond acceptors (Lipinski definition) is 3. The fraction of sp³-hybridized carbons (Fsp3) is 0.308. The highest BCUT2D eigenvalue weighted by Gasteiger charge is 2.23. The lowest BCUT2D eigenvalue weighted by molar-refractivity contribution is 0.496. The van der Waals surface area contributed by atoms with Gasteiger partial charge in [-0.1, -0.05) is 13.0 Å². The van der Waals surface area contributed by atoms with Crippen LogP contribution in [0.25, 0.3) is 0 Å². The van der Waals surface area contributed by atoms with Crippen molar-refractivity contribution in [2.24, 2.45) is 5.84 Å². The maximum absolute atomic E-state index is 13.9. The molecule has 2 aromatic rings. The summed E-state index contributed by atoms with van der Waals surface area (Å²) in [4.78, 5) is 0. The summed E-state index contributed by atoms with van der Waals surface area (Å²) in [5.41, 5.74) is 3.55. The molecule has 108 valence electrons. The molecule has 0 radical (unpaired) electrons. The van der Waals surface area contributed by atoms with E-state index in [2.05, 4.69) is 26.5 Å². The number of aryl methyl sites for hydroxylation is 1. The second-order valence-electron chi connectivity index (χ2n) is 4.37. The second-order valence-corrected chi connectivity index (χ2v) is 5.22. The minimum Gasteiger partial charge on any atom is -0.271 e. The first-order valence-electron chi connectivity index (χ1n) is 6.20. The van der Waals surface area contributed by atoms with Crippen molar-refractivity contribution in [3.05, 3.63) is 51.8 Å². The largest absolute Gasteiger partial charge is 0.271 e. The van der Waals surface area contributed by atoms with Crippen molar-refractivity contribution in [1.82, 2.24) is 15.2 Å². The van der Waals surface area contributed by atoms with Gasteiger partial charge in [-0.3, -0.25) is 10.5 Å². The van der Waals surface area contributed by atoms with Crippen LogP contribution < -0.4 is 11.3 Å². The Morgan fingerprint density at radius 2 is 2.20 bits per heavy atom. The van der Waals surface area contributed by atoms with Gasteiger partial charge >= 0.3 is 0 Å². The Labute approximate surface area is 124 Å². The second kappa shape index (κ2) is 6.43. The molecule has 0 fully saturated rings. The molecular formula is C13H15BrF2N4. The van der Waals surface area contributed by atoms with Crippen LogP contribution >= 0.6 is 15.9 Å². The maximum atomic E-state index is 13.9. The quantitative estimate of drug-likeness (QED) is 0.647. The summed E-state index contributed by atoms with van der Waals surface area (Å²) in [5, 5.41) is 4.22. The minimum atomic E-state index is -0.649. The summed E-state index contributed by atoms with van der Waals surface area (Å²) in [6.45, 7) is 2.70. The molecule has 7 heteroatoms. The van der Waals surface area contributed by atoms with E-state index in [1.165, 1.54) is 12.1 Å². The summed E-state index contributed by atoms with van der Waals surface area (Å²) >= 11 is 3.39. The third-order valence-corrected chi connectivity index (χ3v) is 3.59. The molecule has 0 aliphatic rings. The van der Waals surface area contributed by atoms with E-state index >= 15 is 0 Å². The number of halogens is 3. The van der Waals surface area contributed by atoms with Gasteiger partial charge < -0.3 is 0 Å². The lowest BCUT2D eigenvalue weighted by Crippen LogP contribution is -2.31. The molecule has 0 aliphatic carbocycles. The standard InChI is InChI=1S/C13H15BrF2N4/c1-2-5-20-13(10(14)7-18-20)12(19-17)9-4-3-8(15)6-11(9)16/h3-4,6-7,12,19H,2,5,17H2,1H3. The van der Waals surface area contributed by atoms with Crippen LogP contribution in [-0.4, -0.2) is 9.78 Å². The molecule has 20 heavy (non-hydrogen) atoms. The maximum Gasteiger partial charge on any atom is 0.131 e.